The fourth-order valence-electron chi connectivity index (χ4n) is 3.18. The smallest absolute Gasteiger partial charge is 0.339 e. The molecule has 0 saturated heterocycles. The number of carbonyl (C=O) groups is 1. The van der Waals surface area contributed by atoms with E-state index in [4.69, 9.17) is 18.4 Å². The number of carbonyl (C=O) groups excluding carboxylic acids is 1. The standard InChI is InChI=1S/C24H39BrO7S/c1-3-4-5-6-7-8-9-10-13-21(25)20-32-33(27,28)23-15-12-11-14-22(23)24(26)31-19-18-30-17-16-29-2/h11-12,14-15,21H,3-10,13,16-20H2,1-2H3/t21-/m0/s1. The van der Waals surface area contributed by atoms with E-state index < -0.39 is 16.1 Å². The molecule has 0 bridgehead atoms. The summed E-state index contributed by atoms with van der Waals surface area (Å²) in [5, 5.41) is 0. The van der Waals surface area contributed by atoms with Crippen LogP contribution in [-0.4, -0.2) is 59.4 Å². The normalized spacial score (nSPS) is 12.6. The van der Waals surface area contributed by atoms with Crippen molar-refractivity contribution in [3.63, 3.8) is 0 Å². The van der Waals surface area contributed by atoms with E-state index in [-0.39, 0.29) is 35.1 Å². The maximum absolute atomic E-state index is 12.7. The summed E-state index contributed by atoms with van der Waals surface area (Å²) in [7, 11) is -2.53. The summed E-state index contributed by atoms with van der Waals surface area (Å²) in [6.45, 7) is 3.27. The third kappa shape index (κ3) is 13.5. The minimum atomic E-state index is -4.10. The lowest BCUT2D eigenvalue weighted by atomic mass is 10.1. The van der Waals surface area contributed by atoms with E-state index in [1.165, 1.54) is 50.7 Å². The first-order chi connectivity index (χ1) is 15.9. The molecule has 1 aromatic rings. The van der Waals surface area contributed by atoms with Crippen LogP contribution in [0.25, 0.3) is 0 Å². The number of unbranched alkanes of at least 4 members (excludes halogenated alkanes) is 7. The van der Waals surface area contributed by atoms with Crippen molar-refractivity contribution in [2.75, 3.05) is 40.1 Å². The van der Waals surface area contributed by atoms with Crippen molar-refractivity contribution in [3.05, 3.63) is 29.8 Å². The van der Waals surface area contributed by atoms with Gasteiger partial charge in [0.25, 0.3) is 10.1 Å². The molecular formula is C24H39BrO7S. The zero-order chi connectivity index (χ0) is 24.4. The van der Waals surface area contributed by atoms with Crippen LogP contribution in [0.5, 0.6) is 0 Å². The summed E-state index contributed by atoms with van der Waals surface area (Å²) in [5.41, 5.74) is -0.0522. The molecule has 0 amide bonds. The Balaban J connectivity index is 2.43. The van der Waals surface area contributed by atoms with Crippen LogP contribution >= 0.6 is 15.9 Å². The zero-order valence-corrected chi connectivity index (χ0v) is 22.3. The number of benzene rings is 1. The first-order valence-corrected chi connectivity index (χ1v) is 14.1. The van der Waals surface area contributed by atoms with Crippen LogP contribution in [0.3, 0.4) is 0 Å². The van der Waals surface area contributed by atoms with Crippen LogP contribution in [-0.2, 0) is 28.5 Å². The lowest BCUT2D eigenvalue weighted by molar-refractivity contribution is 0.0210. The molecule has 190 valence electrons. The molecule has 0 fully saturated rings. The average Bonchev–Trinajstić information content (AvgIpc) is 2.81. The van der Waals surface area contributed by atoms with Crippen LogP contribution in [0.2, 0.25) is 0 Å². The molecule has 1 rings (SSSR count). The molecule has 1 atom stereocenters. The Labute approximate surface area is 207 Å². The van der Waals surface area contributed by atoms with Gasteiger partial charge in [0.1, 0.15) is 11.5 Å². The number of halogens is 1. The highest BCUT2D eigenvalue weighted by Crippen LogP contribution is 2.21. The maximum Gasteiger partial charge on any atom is 0.339 e. The lowest BCUT2D eigenvalue weighted by Gasteiger charge is -2.13. The van der Waals surface area contributed by atoms with Crippen LogP contribution in [0.4, 0.5) is 0 Å². The van der Waals surface area contributed by atoms with Crippen LogP contribution in [0, 0.1) is 0 Å². The second-order valence-corrected chi connectivity index (χ2v) is 10.7. The highest BCUT2D eigenvalue weighted by Gasteiger charge is 2.25. The van der Waals surface area contributed by atoms with Crippen molar-refractivity contribution in [2.45, 2.75) is 74.4 Å². The molecule has 0 heterocycles. The summed E-state index contributed by atoms with van der Waals surface area (Å²) in [6.07, 6.45) is 10.6. The van der Waals surface area contributed by atoms with Gasteiger partial charge in [0.2, 0.25) is 0 Å². The molecule has 9 heteroatoms. The predicted molar refractivity (Wildman–Crippen MR) is 132 cm³/mol. The van der Waals surface area contributed by atoms with Gasteiger partial charge >= 0.3 is 5.97 Å². The fourth-order valence-corrected chi connectivity index (χ4v) is 4.95. The van der Waals surface area contributed by atoms with E-state index in [9.17, 15) is 13.2 Å². The SMILES string of the molecule is CCCCCCCCCC[C@H](Br)COS(=O)(=O)c1ccccc1C(=O)OCCOCCOC. The molecule has 1 aromatic carbocycles. The van der Waals surface area contributed by atoms with Crippen molar-refractivity contribution >= 4 is 32.0 Å². The molecular weight excluding hydrogens is 512 g/mol. The molecule has 0 aliphatic heterocycles. The van der Waals surface area contributed by atoms with E-state index in [1.54, 1.807) is 19.2 Å². The molecule has 0 N–H and O–H groups in total. The van der Waals surface area contributed by atoms with Crippen molar-refractivity contribution in [1.29, 1.82) is 0 Å². The van der Waals surface area contributed by atoms with Gasteiger partial charge in [-0.15, -0.1) is 0 Å². The minimum Gasteiger partial charge on any atom is -0.460 e. The summed E-state index contributed by atoms with van der Waals surface area (Å²) >= 11 is 3.51. The summed E-state index contributed by atoms with van der Waals surface area (Å²) in [4.78, 5) is 12.1. The molecule has 0 radical (unpaired) electrons. The van der Waals surface area contributed by atoms with Gasteiger partial charge in [0.05, 0.1) is 32.0 Å². The monoisotopic (exact) mass is 550 g/mol. The van der Waals surface area contributed by atoms with Crippen molar-refractivity contribution in [2.24, 2.45) is 0 Å². The van der Waals surface area contributed by atoms with E-state index in [1.807, 2.05) is 0 Å². The molecule has 0 aliphatic carbocycles. The Morgan fingerprint density at radius 3 is 2.27 bits per heavy atom. The van der Waals surface area contributed by atoms with Gasteiger partial charge in [-0.2, -0.15) is 8.42 Å². The van der Waals surface area contributed by atoms with Gasteiger partial charge in [0, 0.05) is 11.9 Å². The largest absolute Gasteiger partial charge is 0.460 e. The predicted octanol–water partition coefficient (Wildman–Crippen LogP) is 5.51. The van der Waals surface area contributed by atoms with Crippen molar-refractivity contribution < 1.29 is 31.6 Å². The summed E-state index contributed by atoms with van der Waals surface area (Å²) < 4.78 is 45.9. The number of esters is 1. The van der Waals surface area contributed by atoms with Crippen molar-refractivity contribution in [3.8, 4) is 0 Å². The van der Waals surface area contributed by atoms with Crippen LogP contribution < -0.4 is 0 Å². The molecule has 7 nitrogen and oxygen atoms in total. The van der Waals surface area contributed by atoms with Crippen molar-refractivity contribution in [1.82, 2.24) is 0 Å². The molecule has 0 aromatic heterocycles. The molecule has 0 saturated carbocycles. The number of rotatable bonds is 20. The topological polar surface area (TPSA) is 88.1 Å². The zero-order valence-electron chi connectivity index (χ0n) is 19.9. The van der Waals surface area contributed by atoms with Gasteiger partial charge in [-0.25, -0.2) is 4.79 Å². The number of hydrogen-bond acceptors (Lipinski definition) is 7. The maximum atomic E-state index is 12.7. The van der Waals surface area contributed by atoms with E-state index in [0.717, 1.165) is 19.3 Å². The van der Waals surface area contributed by atoms with Gasteiger partial charge in [0.15, 0.2) is 0 Å². The molecule has 0 spiro atoms. The third-order valence-corrected chi connectivity index (χ3v) is 7.11. The number of alkyl halides is 1. The summed E-state index contributed by atoms with van der Waals surface area (Å²) in [5.74, 6) is -0.734. The van der Waals surface area contributed by atoms with Gasteiger partial charge in [-0.05, 0) is 18.6 Å². The number of hydrogen-bond donors (Lipinski definition) is 0. The van der Waals surface area contributed by atoms with E-state index >= 15 is 0 Å². The Hall–Kier alpha value is -1.00. The Kier molecular flexibility index (Phi) is 16.7. The van der Waals surface area contributed by atoms with E-state index in [2.05, 4.69) is 22.9 Å². The Morgan fingerprint density at radius 2 is 1.58 bits per heavy atom. The quantitative estimate of drug-likeness (QED) is 0.0915. The third-order valence-electron chi connectivity index (χ3n) is 5.04. The highest BCUT2D eigenvalue weighted by molar-refractivity contribution is 9.09. The lowest BCUT2D eigenvalue weighted by Crippen LogP contribution is -2.19. The van der Waals surface area contributed by atoms with Crippen LogP contribution in [0.15, 0.2) is 29.2 Å². The molecule has 0 aliphatic rings. The average molecular weight is 552 g/mol. The molecule has 33 heavy (non-hydrogen) atoms. The number of methoxy groups -OCH3 is 1. The van der Waals surface area contributed by atoms with Gasteiger partial charge in [-0.1, -0.05) is 86.4 Å². The number of ether oxygens (including phenoxy) is 3. The first kappa shape index (κ1) is 30.0. The second kappa shape index (κ2) is 18.3. The Morgan fingerprint density at radius 1 is 0.939 bits per heavy atom. The summed E-state index contributed by atoms with van der Waals surface area (Å²) in [6, 6.07) is 5.90. The second-order valence-electron chi connectivity index (χ2n) is 7.84. The fraction of sp³-hybridized carbons (Fsp3) is 0.708. The molecule has 0 unspecified atom stereocenters. The van der Waals surface area contributed by atoms with Gasteiger partial charge in [-0.3, -0.25) is 4.18 Å². The highest BCUT2D eigenvalue weighted by atomic mass is 79.9. The van der Waals surface area contributed by atoms with Gasteiger partial charge < -0.3 is 14.2 Å². The first-order valence-electron chi connectivity index (χ1n) is 11.8. The van der Waals surface area contributed by atoms with E-state index in [0.29, 0.717) is 13.2 Å². The van der Waals surface area contributed by atoms with Crippen LogP contribution in [0.1, 0.15) is 75.1 Å². The Bertz CT molecular complexity index is 755. The minimum absolute atomic E-state index is 0.00948.